The summed E-state index contributed by atoms with van der Waals surface area (Å²) < 4.78 is 10.4. The molecule has 0 aliphatic carbocycles. The van der Waals surface area contributed by atoms with Crippen molar-refractivity contribution in [3.8, 4) is 11.4 Å². The lowest BCUT2D eigenvalue weighted by atomic mass is 10.2. The first-order chi connectivity index (χ1) is 13.9. The number of esters is 1. The second-order valence-electron chi connectivity index (χ2n) is 6.46. The van der Waals surface area contributed by atoms with Crippen molar-refractivity contribution in [2.45, 2.75) is 32.8 Å². The van der Waals surface area contributed by atoms with Crippen LogP contribution in [0.4, 0.5) is 5.69 Å². The second kappa shape index (κ2) is 9.34. The van der Waals surface area contributed by atoms with Gasteiger partial charge < -0.3 is 14.6 Å². The van der Waals surface area contributed by atoms with Crippen molar-refractivity contribution < 1.29 is 18.8 Å². The maximum absolute atomic E-state index is 12.3. The van der Waals surface area contributed by atoms with Crippen LogP contribution in [0.3, 0.4) is 0 Å². The molecule has 3 aromatic rings. The highest BCUT2D eigenvalue weighted by atomic mass is 35.5. The number of carbonyl (C=O) groups is 2. The molecule has 150 valence electrons. The lowest BCUT2D eigenvalue weighted by molar-refractivity contribution is -0.153. The van der Waals surface area contributed by atoms with E-state index in [9.17, 15) is 9.59 Å². The highest BCUT2D eigenvalue weighted by Gasteiger charge is 2.19. The third-order valence-electron chi connectivity index (χ3n) is 4.18. The summed E-state index contributed by atoms with van der Waals surface area (Å²) in [7, 11) is 0. The van der Waals surface area contributed by atoms with Gasteiger partial charge in [-0.3, -0.25) is 9.59 Å². The maximum Gasteiger partial charge on any atom is 0.307 e. The molecule has 0 aliphatic rings. The van der Waals surface area contributed by atoms with E-state index in [0.717, 1.165) is 11.1 Å². The van der Waals surface area contributed by atoms with E-state index in [1.807, 2.05) is 37.3 Å². The van der Waals surface area contributed by atoms with Gasteiger partial charge in [0.05, 0.1) is 6.42 Å². The van der Waals surface area contributed by atoms with Crippen molar-refractivity contribution in [3.05, 3.63) is 65.0 Å². The van der Waals surface area contributed by atoms with Gasteiger partial charge in [0, 0.05) is 22.7 Å². The number of nitrogens with one attached hydrogen (secondary N) is 1. The molecule has 0 fully saturated rings. The van der Waals surface area contributed by atoms with Crippen LogP contribution in [0.5, 0.6) is 0 Å². The van der Waals surface area contributed by atoms with Gasteiger partial charge in [0.25, 0.3) is 5.91 Å². The molecule has 1 N–H and O–H groups in total. The van der Waals surface area contributed by atoms with E-state index in [0.29, 0.717) is 22.4 Å². The number of rotatable bonds is 7. The van der Waals surface area contributed by atoms with Gasteiger partial charge >= 0.3 is 5.97 Å². The molecule has 7 nitrogen and oxygen atoms in total. The van der Waals surface area contributed by atoms with E-state index in [4.69, 9.17) is 20.9 Å². The number of aryl methyl sites for hydroxylation is 2. The summed E-state index contributed by atoms with van der Waals surface area (Å²) in [4.78, 5) is 28.6. The van der Waals surface area contributed by atoms with Gasteiger partial charge in [-0.1, -0.05) is 53.2 Å². The van der Waals surface area contributed by atoms with Gasteiger partial charge in [-0.2, -0.15) is 4.98 Å². The number of hydrogen-bond donors (Lipinski definition) is 1. The van der Waals surface area contributed by atoms with E-state index in [1.165, 1.54) is 6.92 Å². The molecule has 1 heterocycles. The van der Waals surface area contributed by atoms with Crippen molar-refractivity contribution in [1.82, 2.24) is 10.1 Å². The highest BCUT2D eigenvalue weighted by molar-refractivity contribution is 6.31. The molecule has 1 amide bonds. The zero-order chi connectivity index (χ0) is 20.8. The van der Waals surface area contributed by atoms with Gasteiger partial charge in [0.15, 0.2) is 6.10 Å². The predicted octanol–water partition coefficient (Wildman–Crippen LogP) is 4.20. The Labute approximate surface area is 173 Å². The zero-order valence-corrected chi connectivity index (χ0v) is 16.8. The summed E-state index contributed by atoms with van der Waals surface area (Å²) in [6.07, 6.45) is -0.714. The van der Waals surface area contributed by atoms with Gasteiger partial charge in [0.2, 0.25) is 11.7 Å². The Morgan fingerprint density at radius 2 is 1.97 bits per heavy atom. The van der Waals surface area contributed by atoms with Crippen LogP contribution in [0.25, 0.3) is 11.4 Å². The maximum atomic E-state index is 12.3. The van der Waals surface area contributed by atoms with Crippen LogP contribution in [0, 0.1) is 6.92 Å². The molecule has 0 aliphatic heterocycles. The predicted molar refractivity (Wildman–Crippen MR) is 108 cm³/mol. The second-order valence-corrected chi connectivity index (χ2v) is 6.89. The summed E-state index contributed by atoms with van der Waals surface area (Å²) in [5.74, 6) is -0.186. The molecule has 0 unspecified atom stereocenters. The van der Waals surface area contributed by atoms with Gasteiger partial charge in [-0.15, -0.1) is 0 Å². The number of anilines is 1. The van der Waals surface area contributed by atoms with Crippen LogP contribution < -0.4 is 5.32 Å². The van der Waals surface area contributed by atoms with Crippen LogP contribution in [0.15, 0.2) is 53.1 Å². The Morgan fingerprint density at radius 3 is 2.72 bits per heavy atom. The minimum atomic E-state index is -0.955. The molecular weight excluding hydrogens is 394 g/mol. The first kappa shape index (κ1) is 20.5. The van der Waals surface area contributed by atoms with Crippen molar-refractivity contribution in [2.75, 3.05) is 5.32 Å². The number of hydrogen-bond acceptors (Lipinski definition) is 6. The number of amides is 1. The number of nitrogens with zero attached hydrogens (tertiary/aromatic N) is 2. The summed E-state index contributed by atoms with van der Waals surface area (Å²) in [5.41, 5.74) is 2.25. The van der Waals surface area contributed by atoms with Crippen molar-refractivity contribution in [2.24, 2.45) is 0 Å². The average molecular weight is 414 g/mol. The van der Waals surface area contributed by atoms with Gasteiger partial charge in [-0.05, 0) is 31.5 Å². The number of halogens is 1. The normalized spacial score (nSPS) is 11.7. The van der Waals surface area contributed by atoms with E-state index in [-0.39, 0.29) is 12.8 Å². The molecule has 0 saturated heterocycles. The Bertz CT molecular complexity index is 1000. The summed E-state index contributed by atoms with van der Waals surface area (Å²) in [6, 6.07) is 14.5. The van der Waals surface area contributed by atoms with Crippen LogP contribution in [-0.4, -0.2) is 28.1 Å². The third kappa shape index (κ3) is 5.65. The third-order valence-corrected chi connectivity index (χ3v) is 4.41. The quantitative estimate of drug-likeness (QED) is 0.583. The van der Waals surface area contributed by atoms with Crippen molar-refractivity contribution >= 4 is 29.2 Å². The lowest BCUT2D eigenvalue weighted by Crippen LogP contribution is -2.30. The molecule has 2 aromatic carbocycles. The largest absolute Gasteiger partial charge is 0.453 e. The Balaban J connectivity index is 1.49. The Hall–Kier alpha value is -3.19. The first-order valence-electron chi connectivity index (χ1n) is 9.07. The van der Waals surface area contributed by atoms with Crippen molar-refractivity contribution in [3.63, 3.8) is 0 Å². The summed E-state index contributed by atoms with van der Waals surface area (Å²) in [5, 5.41) is 7.12. The van der Waals surface area contributed by atoms with Crippen LogP contribution in [0.1, 0.15) is 24.8 Å². The van der Waals surface area contributed by atoms with Gasteiger partial charge in [0.1, 0.15) is 0 Å². The number of ether oxygens (including phenoxy) is 1. The van der Waals surface area contributed by atoms with Crippen LogP contribution in [0.2, 0.25) is 5.02 Å². The highest BCUT2D eigenvalue weighted by Crippen LogP contribution is 2.20. The fourth-order valence-electron chi connectivity index (χ4n) is 2.54. The fourth-order valence-corrected chi connectivity index (χ4v) is 2.71. The van der Waals surface area contributed by atoms with E-state index in [1.54, 1.807) is 18.2 Å². The van der Waals surface area contributed by atoms with E-state index in [2.05, 4.69) is 15.5 Å². The minimum Gasteiger partial charge on any atom is -0.453 e. The zero-order valence-electron chi connectivity index (χ0n) is 16.0. The molecular formula is C21H20ClN3O4. The molecule has 29 heavy (non-hydrogen) atoms. The number of carbonyl (C=O) groups excluding carboxylic acids is 2. The molecule has 8 heteroatoms. The van der Waals surface area contributed by atoms with Crippen molar-refractivity contribution in [1.29, 1.82) is 0 Å². The first-order valence-corrected chi connectivity index (χ1v) is 9.44. The minimum absolute atomic E-state index is 0.0181. The molecule has 0 saturated carbocycles. The Kier molecular flexibility index (Phi) is 6.61. The van der Waals surface area contributed by atoms with Crippen LogP contribution >= 0.6 is 11.6 Å². The smallest absolute Gasteiger partial charge is 0.307 e. The monoisotopic (exact) mass is 413 g/mol. The Morgan fingerprint density at radius 1 is 1.21 bits per heavy atom. The summed E-state index contributed by atoms with van der Waals surface area (Å²) >= 11 is 5.95. The standard InChI is InChI=1S/C21H20ClN3O4/c1-13-8-9-16(22)12-17(13)23-21(27)14(2)28-19(26)11-10-18-24-20(25-29-18)15-6-4-3-5-7-15/h3-9,12,14H,10-11H2,1-2H3,(H,23,27)/t14-/m0/s1. The molecule has 3 rings (SSSR count). The molecule has 1 atom stereocenters. The van der Waals surface area contributed by atoms with E-state index < -0.39 is 18.0 Å². The topological polar surface area (TPSA) is 94.3 Å². The van der Waals surface area contributed by atoms with Crippen LogP contribution in [-0.2, 0) is 20.7 Å². The number of aromatic nitrogens is 2. The average Bonchev–Trinajstić information content (AvgIpc) is 3.19. The molecule has 1 aromatic heterocycles. The summed E-state index contributed by atoms with van der Waals surface area (Å²) in [6.45, 7) is 3.35. The fraction of sp³-hybridized carbons (Fsp3) is 0.238. The lowest BCUT2D eigenvalue weighted by Gasteiger charge is -2.14. The number of benzene rings is 2. The molecule has 0 radical (unpaired) electrons. The molecule has 0 bridgehead atoms. The SMILES string of the molecule is Cc1ccc(Cl)cc1NC(=O)[C@H](C)OC(=O)CCc1nc(-c2ccccc2)no1. The van der Waals surface area contributed by atoms with E-state index >= 15 is 0 Å². The molecule has 0 spiro atoms. The van der Waals surface area contributed by atoms with Gasteiger partial charge in [-0.25, -0.2) is 0 Å².